The number of rotatable bonds is 8. The van der Waals surface area contributed by atoms with E-state index in [0.29, 0.717) is 17.0 Å². The van der Waals surface area contributed by atoms with Crippen LogP contribution in [0.2, 0.25) is 0 Å². The second kappa shape index (κ2) is 7.93. The molecule has 0 aliphatic carbocycles. The van der Waals surface area contributed by atoms with Crippen LogP contribution in [0.25, 0.3) is 5.69 Å². The molecule has 0 atom stereocenters. The van der Waals surface area contributed by atoms with E-state index in [1.807, 2.05) is 0 Å². The van der Waals surface area contributed by atoms with Crippen molar-refractivity contribution >= 4 is 17.9 Å². The molecule has 23 heavy (non-hydrogen) atoms. The lowest BCUT2D eigenvalue weighted by Crippen LogP contribution is -2.25. The van der Waals surface area contributed by atoms with Gasteiger partial charge in [-0.2, -0.15) is 4.68 Å². The smallest absolute Gasteiger partial charge is 0.295 e. The van der Waals surface area contributed by atoms with E-state index in [4.69, 9.17) is 12.2 Å². The first-order chi connectivity index (χ1) is 11.1. The Balaban J connectivity index is 2.17. The van der Waals surface area contributed by atoms with Crippen LogP contribution in [-0.4, -0.2) is 49.2 Å². The van der Waals surface area contributed by atoms with Gasteiger partial charge in [0.05, 0.1) is 4.92 Å². The van der Waals surface area contributed by atoms with Gasteiger partial charge >= 0.3 is 0 Å². The van der Waals surface area contributed by atoms with Crippen LogP contribution >= 0.6 is 12.2 Å². The third kappa shape index (κ3) is 3.99. The van der Waals surface area contributed by atoms with Crippen molar-refractivity contribution in [3.63, 3.8) is 0 Å². The first-order valence-corrected chi connectivity index (χ1v) is 7.98. The second-order valence-electron chi connectivity index (χ2n) is 5.02. The maximum atomic E-state index is 11.1. The van der Waals surface area contributed by atoms with Crippen LogP contribution in [0.3, 0.4) is 0 Å². The number of nitrogens with zero attached hydrogens (tertiary/aromatic N) is 6. The van der Waals surface area contributed by atoms with Crippen LogP contribution in [0.5, 0.6) is 0 Å². The van der Waals surface area contributed by atoms with Crippen LogP contribution in [0.4, 0.5) is 5.69 Å². The standard InChI is InChI=1S/C14H20N6O2S/c1-3-17(4-2)10-7-11-18-14(23)19(16-15-18)12-8-5-6-9-13(12)20(21)22/h5-6,8-9H,3-4,7,10-11H2,1-2H3. The zero-order valence-electron chi connectivity index (χ0n) is 13.3. The molecule has 0 saturated carbocycles. The molecule has 8 nitrogen and oxygen atoms in total. The quantitative estimate of drug-likeness (QED) is 0.418. The first kappa shape index (κ1) is 17.2. The lowest BCUT2D eigenvalue weighted by molar-refractivity contribution is -0.384. The highest BCUT2D eigenvalue weighted by atomic mass is 32.1. The number of benzene rings is 1. The zero-order valence-corrected chi connectivity index (χ0v) is 14.1. The molecule has 0 spiro atoms. The molecule has 9 heteroatoms. The van der Waals surface area contributed by atoms with E-state index in [9.17, 15) is 10.1 Å². The van der Waals surface area contributed by atoms with Crippen molar-refractivity contribution < 1.29 is 4.92 Å². The molecule has 0 N–H and O–H groups in total. The fourth-order valence-corrected chi connectivity index (χ4v) is 2.61. The van der Waals surface area contributed by atoms with Gasteiger partial charge in [-0.15, -0.1) is 0 Å². The highest BCUT2D eigenvalue weighted by Crippen LogP contribution is 2.21. The topological polar surface area (TPSA) is 82.0 Å². The van der Waals surface area contributed by atoms with E-state index in [0.717, 1.165) is 26.1 Å². The molecule has 0 aliphatic heterocycles. The molecule has 0 radical (unpaired) electrons. The summed E-state index contributed by atoms with van der Waals surface area (Å²) in [5.41, 5.74) is 0.288. The fraction of sp³-hybridized carbons (Fsp3) is 0.500. The van der Waals surface area contributed by atoms with Gasteiger partial charge in [0.25, 0.3) is 5.69 Å². The second-order valence-corrected chi connectivity index (χ2v) is 5.39. The van der Waals surface area contributed by atoms with Gasteiger partial charge in [-0.25, -0.2) is 4.68 Å². The number of nitro benzene ring substituents is 1. The molecular weight excluding hydrogens is 316 g/mol. The highest BCUT2D eigenvalue weighted by Gasteiger charge is 2.17. The van der Waals surface area contributed by atoms with Crippen molar-refractivity contribution in [3.8, 4) is 5.69 Å². The Hall–Kier alpha value is -2.13. The van der Waals surface area contributed by atoms with Crippen LogP contribution in [0.15, 0.2) is 24.3 Å². The monoisotopic (exact) mass is 336 g/mol. The lowest BCUT2D eigenvalue weighted by atomic mass is 10.3. The van der Waals surface area contributed by atoms with E-state index < -0.39 is 4.92 Å². The molecule has 0 fully saturated rings. The number of aromatic nitrogens is 4. The Labute approximate surface area is 139 Å². The number of tetrazole rings is 1. The summed E-state index contributed by atoms with van der Waals surface area (Å²) in [7, 11) is 0. The summed E-state index contributed by atoms with van der Waals surface area (Å²) >= 11 is 5.35. The van der Waals surface area contributed by atoms with Gasteiger partial charge in [0.1, 0.15) is 5.69 Å². The molecule has 2 aromatic rings. The number of hydrogen-bond donors (Lipinski definition) is 0. The molecule has 0 aliphatic rings. The molecule has 2 rings (SSSR count). The molecule has 1 heterocycles. The largest absolute Gasteiger partial charge is 0.304 e. The Morgan fingerprint density at radius 3 is 2.61 bits per heavy atom. The van der Waals surface area contributed by atoms with E-state index >= 15 is 0 Å². The summed E-state index contributed by atoms with van der Waals surface area (Å²) in [6.45, 7) is 7.85. The summed E-state index contributed by atoms with van der Waals surface area (Å²) in [4.78, 5) is 13.0. The summed E-state index contributed by atoms with van der Waals surface area (Å²) in [5, 5.41) is 19.1. The van der Waals surface area contributed by atoms with Gasteiger partial charge in [0.15, 0.2) is 0 Å². The van der Waals surface area contributed by atoms with Crippen LogP contribution in [-0.2, 0) is 6.54 Å². The third-order valence-electron chi connectivity index (χ3n) is 3.68. The highest BCUT2D eigenvalue weighted by molar-refractivity contribution is 7.71. The molecule has 0 unspecified atom stereocenters. The van der Waals surface area contributed by atoms with Crippen molar-refractivity contribution in [1.82, 2.24) is 24.7 Å². The maximum absolute atomic E-state index is 11.1. The minimum atomic E-state index is -0.448. The van der Waals surface area contributed by atoms with Gasteiger partial charge in [-0.05, 0) is 54.8 Å². The fourth-order valence-electron chi connectivity index (χ4n) is 2.35. The molecular formula is C14H20N6O2S. The molecule has 0 bridgehead atoms. The van der Waals surface area contributed by atoms with Crippen LogP contribution in [0.1, 0.15) is 20.3 Å². The van der Waals surface area contributed by atoms with Gasteiger partial charge in [0.2, 0.25) is 4.77 Å². The lowest BCUT2D eigenvalue weighted by Gasteiger charge is -2.17. The van der Waals surface area contributed by atoms with Crippen LogP contribution in [0, 0.1) is 14.9 Å². The van der Waals surface area contributed by atoms with Crippen molar-refractivity contribution in [3.05, 3.63) is 39.2 Å². The van der Waals surface area contributed by atoms with Crippen molar-refractivity contribution in [1.29, 1.82) is 0 Å². The Morgan fingerprint density at radius 1 is 1.26 bits per heavy atom. The predicted octanol–water partition coefficient (Wildman–Crippen LogP) is 2.44. The summed E-state index contributed by atoms with van der Waals surface area (Å²) in [6.07, 6.45) is 0.894. The molecule has 0 amide bonds. The Bertz CT molecular complexity index is 722. The first-order valence-electron chi connectivity index (χ1n) is 7.57. The van der Waals surface area contributed by atoms with Gasteiger partial charge in [-0.1, -0.05) is 26.0 Å². The number of nitro groups is 1. The normalized spacial score (nSPS) is 11.1. The van der Waals surface area contributed by atoms with E-state index in [-0.39, 0.29) is 5.69 Å². The minimum absolute atomic E-state index is 0.0428. The van der Waals surface area contributed by atoms with Crippen LogP contribution < -0.4 is 0 Å². The average Bonchev–Trinajstić information content (AvgIpc) is 2.92. The van der Waals surface area contributed by atoms with Gasteiger partial charge < -0.3 is 4.90 Å². The number of para-hydroxylation sites is 2. The third-order valence-corrected chi connectivity index (χ3v) is 4.07. The maximum Gasteiger partial charge on any atom is 0.295 e. The Morgan fingerprint density at radius 2 is 1.96 bits per heavy atom. The molecule has 124 valence electrons. The van der Waals surface area contributed by atoms with Gasteiger partial charge in [-0.3, -0.25) is 10.1 Å². The molecule has 1 aromatic heterocycles. The summed E-state index contributed by atoms with van der Waals surface area (Å²) in [5.74, 6) is 0. The minimum Gasteiger partial charge on any atom is -0.304 e. The SMILES string of the molecule is CCN(CC)CCCn1nnn(-c2ccccc2[N+](=O)[O-])c1=S. The molecule has 0 saturated heterocycles. The number of hydrogen-bond acceptors (Lipinski definition) is 6. The number of aryl methyl sites for hydroxylation is 1. The predicted molar refractivity (Wildman–Crippen MR) is 89.2 cm³/mol. The Kier molecular flexibility index (Phi) is 5.94. The van der Waals surface area contributed by atoms with E-state index in [1.165, 1.54) is 10.7 Å². The van der Waals surface area contributed by atoms with E-state index in [1.54, 1.807) is 22.9 Å². The van der Waals surface area contributed by atoms with Crippen molar-refractivity contribution in [2.75, 3.05) is 19.6 Å². The molecule has 1 aromatic carbocycles. The van der Waals surface area contributed by atoms with E-state index in [2.05, 4.69) is 29.2 Å². The van der Waals surface area contributed by atoms with Gasteiger partial charge in [0, 0.05) is 12.6 Å². The zero-order chi connectivity index (χ0) is 16.8. The average molecular weight is 336 g/mol. The van der Waals surface area contributed by atoms with Crippen molar-refractivity contribution in [2.45, 2.75) is 26.8 Å². The van der Waals surface area contributed by atoms with Crippen molar-refractivity contribution in [2.24, 2.45) is 0 Å². The summed E-state index contributed by atoms with van der Waals surface area (Å²) in [6, 6.07) is 6.36. The summed E-state index contributed by atoms with van der Waals surface area (Å²) < 4.78 is 3.30.